The summed E-state index contributed by atoms with van der Waals surface area (Å²) in [5.74, 6) is 0.452. The number of aliphatic hydroxyl groups is 3. The molecule has 6 nitrogen and oxygen atoms in total. The molecular weight excluding hydrogens is 480 g/mol. The fourth-order valence-corrected chi connectivity index (χ4v) is 11.0. The Morgan fingerprint density at radius 3 is 2.45 bits per heavy atom. The lowest BCUT2D eigenvalue weighted by Gasteiger charge is -2.69. The second-order valence-electron chi connectivity index (χ2n) is 15.4. The van der Waals surface area contributed by atoms with Crippen LogP contribution in [-0.2, 0) is 14.3 Å². The third-order valence-electron chi connectivity index (χ3n) is 12.4. The average Bonchev–Trinajstić information content (AvgIpc) is 3.30. The molecule has 0 aromatic carbocycles. The topological polar surface area (TPSA) is 96.2 Å². The largest absolute Gasteiger partial charge is 0.462 e. The van der Waals surface area contributed by atoms with Crippen molar-refractivity contribution in [1.29, 1.82) is 0 Å². The second kappa shape index (κ2) is 9.29. The number of aliphatic hydroxyl groups excluding tert-OH is 3. The number of fused-ring (bicyclic) bond motifs is 5. The average molecular weight is 533 g/mol. The van der Waals surface area contributed by atoms with Gasteiger partial charge in [-0.2, -0.15) is 0 Å². The van der Waals surface area contributed by atoms with E-state index in [1.54, 1.807) is 0 Å². The molecule has 216 valence electrons. The summed E-state index contributed by atoms with van der Waals surface area (Å²) in [6.45, 7) is 17.0. The quantitative estimate of drug-likeness (QED) is 0.339. The molecule has 38 heavy (non-hydrogen) atoms. The van der Waals surface area contributed by atoms with E-state index in [1.807, 2.05) is 0 Å². The van der Waals surface area contributed by atoms with Gasteiger partial charge in [-0.05, 0) is 78.9 Å². The summed E-state index contributed by atoms with van der Waals surface area (Å²) in [6, 6.07) is 0. The summed E-state index contributed by atoms with van der Waals surface area (Å²) < 4.78 is 12.2. The van der Waals surface area contributed by atoms with E-state index in [4.69, 9.17) is 9.47 Å². The molecule has 4 aliphatic carbocycles. The van der Waals surface area contributed by atoms with E-state index in [9.17, 15) is 20.1 Å². The van der Waals surface area contributed by atoms with Gasteiger partial charge in [0.15, 0.2) is 6.29 Å². The number of hydrogen-bond donors (Lipinski definition) is 3. The predicted molar refractivity (Wildman–Crippen MR) is 146 cm³/mol. The summed E-state index contributed by atoms with van der Waals surface area (Å²) in [4.78, 5) is 12.5. The Labute approximate surface area is 229 Å². The number of esters is 1. The van der Waals surface area contributed by atoms with Gasteiger partial charge in [-0.15, -0.1) is 0 Å². The van der Waals surface area contributed by atoms with Gasteiger partial charge in [0.05, 0.1) is 18.3 Å². The predicted octanol–water partition coefficient (Wildman–Crippen LogP) is 5.23. The van der Waals surface area contributed by atoms with Gasteiger partial charge in [-0.3, -0.25) is 4.79 Å². The minimum absolute atomic E-state index is 0.0210. The van der Waals surface area contributed by atoms with Crippen molar-refractivity contribution in [3.8, 4) is 0 Å². The molecule has 0 spiro atoms. The first-order chi connectivity index (χ1) is 17.6. The molecule has 0 radical (unpaired) electrons. The van der Waals surface area contributed by atoms with Crippen LogP contribution in [-0.4, -0.2) is 52.0 Å². The highest BCUT2D eigenvalue weighted by atomic mass is 16.6. The van der Waals surface area contributed by atoms with Crippen LogP contribution in [0.1, 0.15) is 100 Å². The molecule has 6 heteroatoms. The zero-order valence-corrected chi connectivity index (χ0v) is 24.9. The van der Waals surface area contributed by atoms with Gasteiger partial charge >= 0.3 is 5.97 Å². The summed E-state index contributed by atoms with van der Waals surface area (Å²) in [5.41, 5.74) is -0.0434. The van der Waals surface area contributed by atoms with Crippen LogP contribution in [0.4, 0.5) is 0 Å². The van der Waals surface area contributed by atoms with Gasteiger partial charge in [-0.25, -0.2) is 0 Å². The molecule has 0 aromatic rings. The zero-order chi connectivity index (χ0) is 28.0. The van der Waals surface area contributed by atoms with Crippen molar-refractivity contribution in [1.82, 2.24) is 0 Å². The van der Waals surface area contributed by atoms with E-state index in [0.29, 0.717) is 18.8 Å². The molecule has 0 bridgehead atoms. The van der Waals surface area contributed by atoms with E-state index in [1.165, 1.54) is 12.5 Å². The third kappa shape index (κ3) is 3.98. The molecule has 12 atom stereocenters. The maximum Gasteiger partial charge on any atom is 0.302 e. The maximum atomic E-state index is 12.5. The lowest BCUT2D eigenvalue weighted by Crippen LogP contribution is -2.69. The first-order valence-corrected chi connectivity index (χ1v) is 15.1. The molecule has 12 unspecified atom stereocenters. The van der Waals surface area contributed by atoms with Crippen LogP contribution < -0.4 is 0 Å². The summed E-state index contributed by atoms with van der Waals surface area (Å²) >= 11 is 0. The van der Waals surface area contributed by atoms with E-state index < -0.39 is 23.9 Å². The highest BCUT2D eigenvalue weighted by molar-refractivity contribution is 5.66. The molecule has 4 fully saturated rings. The Hall–Kier alpha value is -0.950. The van der Waals surface area contributed by atoms with Crippen molar-refractivity contribution < 1.29 is 29.6 Å². The molecule has 5 aliphatic rings. The highest BCUT2D eigenvalue weighted by Crippen LogP contribution is 2.73. The Morgan fingerprint density at radius 1 is 1.13 bits per heavy atom. The van der Waals surface area contributed by atoms with E-state index >= 15 is 0 Å². The number of allylic oxidation sites excluding steroid dienone is 1. The van der Waals surface area contributed by atoms with E-state index in [0.717, 1.165) is 32.1 Å². The number of ether oxygens (including phenoxy) is 2. The van der Waals surface area contributed by atoms with Crippen LogP contribution >= 0.6 is 0 Å². The summed E-state index contributed by atoms with van der Waals surface area (Å²) in [6.07, 6.45) is 5.84. The van der Waals surface area contributed by atoms with Gasteiger partial charge in [0.2, 0.25) is 0 Å². The lowest BCUT2D eigenvalue weighted by atomic mass is 9.36. The molecule has 5 rings (SSSR count). The van der Waals surface area contributed by atoms with Crippen LogP contribution in [0.2, 0.25) is 0 Å². The molecule has 3 N–H and O–H groups in total. The molecule has 3 saturated carbocycles. The monoisotopic (exact) mass is 532 g/mol. The van der Waals surface area contributed by atoms with E-state index in [-0.39, 0.29) is 58.1 Å². The van der Waals surface area contributed by atoms with Crippen LogP contribution in [0.25, 0.3) is 0 Å². The Bertz CT molecular complexity index is 973. The molecule has 1 aliphatic heterocycles. The zero-order valence-electron chi connectivity index (χ0n) is 24.9. The smallest absolute Gasteiger partial charge is 0.302 e. The van der Waals surface area contributed by atoms with Crippen molar-refractivity contribution in [2.24, 2.45) is 51.2 Å². The molecular formula is C32H52O6. The number of carbonyl (C=O) groups excluding carboxylic acids is 1. The second-order valence-corrected chi connectivity index (χ2v) is 15.4. The molecule has 0 amide bonds. The SMILES string of the molecule is CC(=O)OC1CC2C(C)(C)C(O)CCC2(C)C2C(O)CC3(C)C(=CCC3C3CC(CC(C)C)OC3O)C12C. The fourth-order valence-electron chi connectivity index (χ4n) is 11.0. The Morgan fingerprint density at radius 2 is 1.82 bits per heavy atom. The van der Waals surface area contributed by atoms with Gasteiger partial charge in [0, 0.05) is 24.2 Å². The maximum absolute atomic E-state index is 12.5. The number of rotatable bonds is 4. The first-order valence-electron chi connectivity index (χ1n) is 15.1. The van der Waals surface area contributed by atoms with Crippen LogP contribution in [0.5, 0.6) is 0 Å². The first kappa shape index (κ1) is 28.6. The minimum atomic E-state index is -0.783. The molecule has 0 aromatic heterocycles. The van der Waals surface area contributed by atoms with Crippen LogP contribution in [0.3, 0.4) is 0 Å². The van der Waals surface area contributed by atoms with Crippen LogP contribution in [0.15, 0.2) is 11.6 Å². The Kier molecular flexibility index (Phi) is 6.98. The van der Waals surface area contributed by atoms with Gasteiger partial charge in [0.1, 0.15) is 6.10 Å². The summed E-state index contributed by atoms with van der Waals surface area (Å²) in [5, 5.41) is 34.2. The number of hydrogen-bond acceptors (Lipinski definition) is 6. The molecule has 1 saturated heterocycles. The van der Waals surface area contributed by atoms with Gasteiger partial charge in [-0.1, -0.05) is 60.1 Å². The fraction of sp³-hybridized carbons (Fsp3) is 0.906. The van der Waals surface area contributed by atoms with Crippen molar-refractivity contribution in [3.63, 3.8) is 0 Å². The minimum Gasteiger partial charge on any atom is -0.462 e. The van der Waals surface area contributed by atoms with E-state index in [2.05, 4.69) is 54.5 Å². The van der Waals surface area contributed by atoms with Crippen molar-refractivity contribution in [2.75, 3.05) is 0 Å². The normalized spacial score (nSPS) is 51.7. The standard InChI is InChI=1S/C32H52O6/c1-17(2)13-19-14-20(28(36)38-19)21-9-10-23-31(21,7)16-22(34)27-30(6)12-11-25(35)29(4,5)24(30)15-26(32(23,27)8)37-18(3)33/h10,17,19-22,24-28,34-36H,9,11-16H2,1-8H3. The summed E-state index contributed by atoms with van der Waals surface area (Å²) in [7, 11) is 0. The third-order valence-corrected chi connectivity index (χ3v) is 12.4. The lowest BCUT2D eigenvalue weighted by molar-refractivity contribution is -0.245. The van der Waals surface area contributed by atoms with Crippen LogP contribution in [0, 0.1) is 51.2 Å². The van der Waals surface area contributed by atoms with Gasteiger partial charge < -0.3 is 24.8 Å². The van der Waals surface area contributed by atoms with Crippen molar-refractivity contribution in [3.05, 3.63) is 11.6 Å². The highest BCUT2D eigenvalue weighted by Gasteiger charge is 2.72. The van der Waals surface area contributed by atoms with Crippen molar-refractivity contribution >= 4 is 5.97 Å². The van der Waals surface area contributed by atoms with Gasteiger partial charge in [0.25, 0.3) is 0 Å². The Balaban J connectivity index is 1.55. The number of carbonyl (C=O) groups is 1. The van der Waals surface area contributed by atoms with Crippen molar-refractivity contribution in [2.45, 2.75) is 131 Å². The molecule has 1 heterocycles.